The first-order valence-electron chi connectivity index (χ1n) is 7.88. The van der Waals surface area contributed by atoms with Gasteiger partial charge in [-0.3, -0.25) is 9.63 Å². The number of carbonyl (C=O) groups is 1. The van der Waals surface area contributed by atoms with Gasteiger partial charge in [0.1, 0.15) is 0 Å². The smallest absolute Gasteiger partial charge is 0.269 e. The van der Waals surface area contributed by atoms with E-state index < -0.39 is 0 Å². The molecule has 4 aliphatic carbocycles. The summed E-state index contributed by atoms with van der Waals surface area (Å²) in [7, 11) is 0. The van der Waals surface area contributed by atoms with Gasteiger partial charge in [0.2, 0.25) is 0 Å². The fourth-order valence-corrected chi connectivity index (χ4v) is 6.80. The zero-order chi connectivity index (χ0) is 12.7. The number of amides is 1. The normalized spacial score (nSPS) is 56.5. The molecule has 0 aromatic rings. The zero-order valence-corrected chi connectivity index (χ0v) is 11.2. The van der Waals surface area contributed by atoms with Gasteiger partial charge in [-0.1, -0.05) is 6.58 Å². The number of hydrogen-bond donors (Lipinski definition) is 0. The van der Waals surface area contributed by atoms with Crippen molar-refractivity contribution < 1.29 is 9.63 Å². The molecular weight excluding hydrogens is 238 g/mol. The van der Waals surface area contributed by atoms with Gasteiger partial charge in [0.05, 0.1) is 12.6 Å². The topological polar surface area (TPSA) is 29.5 Å². The quantitative estimate of drug-likeness (QED) is 0.534. The Labute approximate surface area is 113 Å². The largest absolute Gasteiger partial charge is 0.270 e. The number of fused-ring (bicyclic) bond motifs is 12. The standard InChI is InChI=1S/C16H21NO2/c1-2-13(18)17-16-11-6-10(12(16)7-19-17)14-8-3-4-9(5-8)15(11)14/h2,8-12,14-16H,1,3-7H2. The van der Waals surface area contributed by atoms with Crippen LogP contribution in [0.5, 0.6) is 0 Å². The Bertz CT molecular complexity index is 462. The third kappa shape index (κ3) is 1.13. The van der Waals surface area contributed by atoms with Crippen LogP contribution in [0.1, 0.15) is 25.7 Å². The molecule has 5 fully saturated rings. The lowest BCUT2D eigenvalue weighted by Crippen LogP contribution is -2.46. The molecule has 0 N–H and O–H groups in total. The molecule has 5 aliphatic rings. The number of carbonyl (C=O) groups excluding carboxylic acids is 1. The van der Waals surface area contributed by atoms with Crippen LogP contribution in [0.4, 0.5) is 0 Å². The summed E-state index contributed by atoms with van der Waals surface area (Å²) in [5, 5.41) is 1.69. The van der Waals surface area contributed by atoms with Crippen LogP contribution in [0, 0.1) is 41.4 Å². The molecule has 1 amide bonds. The van der Waals surface area contributed by atoms with Gasteiger partial charge in [-0.05, 0) is 67.3 Å². The van der Waals surface area contributed by atoms with Crippen LogP contribution in [-0.2, 0) is 9.63 Å². The Hall–Kier alpha value is -0.830. The minimum atomic E-state index is -0.0280. The van der Waals surface area contributed by atoms with Crippen LogP contribution in [0.15, 0.2) is 12.7 Å². The summed E-state index contributed by atoms with van der Waals surface area (Å²) in [5.41, 5.74) is 0. The Morgan fingerprint density at radius 2 is 1.84 bits per heavy atom. The van der Waals surface area contributed by atoms with Crippen molar-refractivity contribution >= 4 is 5.91 Å². The van der Waals surface area contributed by atoms with E-state index in [0.29, 0.717) is 12.0 Å². The van der Waals surface area contributed by atoms with Crippen LogP contribution >= 0.6 is 0 Å². The SMILES string of the molecule is C=CC(=O)N1OCC2C3CC(C4C5CCC(C5)C34)C21. The summed E-state index contributed by atoms with van der Waals surface area (Å²) in [6, 6.07) is 0.371. The van der Waals surface area contributed by atoms with E-state index in [1.807, 2.05) is 0 Å². The second-order valence-electron chi connectivity index (χ2n) is 7.37. The predicted molar refractivity (Wildman–Crippen MR) is 69.7 cm³/mol. The van der Waals surface area contributed by atoms with E-state index in [-0.39, 0.29) is 5.91 Å². The summed E-state index contributed by atoms with van der Waals surface area (Å²) in [5.74, 6) is 6.02. The van der Waals surface area contributed by atoms with E-state index >= 15 is 0 Å². The average Bonchev–Trinajstić information content (AvgIpc) is 3.16. The van der Waals surface area contributed by atoms with Crippen molar-refractivity contribution in [2.75, 3.05) is 6.61 Å². The molecule has 19 heavy (non-hydrogen) atoms. The monoisotopic (exact) mass is 259 g/mol. The first kappa shape index (κ1) is 10.9. The number of nitrogens with zero attached hydrogens (tertiary/aromatic N) is 1. The van der Waals surface area contributed by atoms with Crippen LogP contribution < -0.4 is 0 Å². The molecule has 3 heteroatoms. The van der Waals surface area contributed by atoms with Gasteiger partial charge in [0.25, 0.3) is 5.91 Å². The van der Waals surface area contributed by atoms with Crippen molar-refractivity contribution in [2.24, 2.45) is 41.4 Å². The molecule has 4 bridgehead atoms. The molecule has 102 valence electrons. The molecule has 0 aromatic heterocycles. The molecule has 8 atom stereocenters. The number of rotatable bonds is 1. The van der Waals surface area contributed by atoms with Crippen molar-refractivity contribution in [1.82, 2.24) is 5.06 Å². The van der Waals surface area contributed by atoms with Crippen molar-refractivity contribution in [3.8, 4) is 0 Å². The van der Waals surface area contributed by atoms with Crippen molar-refractivity contribution in [3.63, 3.8) is 0 Å². The summed E-state index contributed by atoms with van der Waals surface area (Å²) in [6.45, 7) is 4.38. The van der Waals surface area contributed by atoms with Crippen LogP contribution in [0.3, 0.4) is 0 Å². The van der Waals surface area contributed by atoms with Gasteiger partial charge in [0.15, 0.2) is 0 Å². The molecule has 4 saturated carbocycles. The first-order valence-corrected chi connectivity index (χ1v) is 7.88. The zero-order valence-electron chi connectivity index (χ0n) is 11.2. The molecular formula is C16H21NO2. The van der Waals surface area contributed by atoms with Crippen molar-refractivity contribution in [2.45, 2.75) is 31.7 Å². The fraction of sp³-hybridized carbons (Fsp3) is 0.812. The third-order valence-electron chi connectivity index (χ3n) is 7.08. The Morgan fingerprint density at radius 1 is 1.11 bits per heavy atom. The second kappa shape index (κ2) is 3.43. The molecule has 3 nitrogen and oxygen atoms in total. The van der Waals surface area contributed by atoms with Gasteiger partial charge >= 0.3 is 0 Å². The maximum atomic E-state index is 12.0. The molecule has 8 unspecified atom stereocenters. The highest BCUT2D eigenvalue weighted by molar-refractivity contribution is 5.86. The van der Waals surface area contributed by atoms with E-state index in [2.05, 4.69) is 6.58 Å². The highest BCUT2D eigenvalue weighted by Gasteiger charge is 2.68. The minimum absolute atomic E-state index is 0.0280. The summed E-state index contributed by atoms with van der Waals surface area (Å²) in [6.07, 6.45) is 7.18. The van der Waals surface area contributed by atoms with E-state index in [1.165, 1.54) is 31.8 Å². The molecule has 1 saturated heterocycles. The minimum Gasteiger partial charge on any atom is -0.270 e. The van der Waals surface area contributed by atoms with Gasteiger partial charge in [-0.2, -0.15) is 0 Å². The molecule has 0 aromatic carbocycles. The molecule has 0 radical (unpaired) electrons. The second-order valence-corrected chi connectivity index (χ2v) is 7.37. The Kier molecular flexibility index (Phi) is 1.97. The molecule has 0 spiro atoms. The molecule has 5 rings (SSSR count). The predicted octanol–water partition coefficient (Wildman–Crippen LogP) is 2.24. The van der Waals surface area contributed by atoms with E-state index in [1.54, 1.807) is 5.06 Å². The lowest BCUT2D eigenvalue weighted by Gasteiger charge is -2.41. The number of hydrogen-bond acceptors (Lipinski definition) is 2. The van der Waals surface area contributed by atoms with Crippen LogP contribution in [0.25, 0.3) is 0 Å². The fourth-order valence-electron chi connectivity index (χ4n) is 6.80. The lowest BCUT2D eigenvalue weighted by molar-refractivity contribution is -0.175. The summed E-state index contributed by atoms with van der Waals surface area (Å²) < 4.78 is 0. The van der Waals surface area contributed by atoms with E-state index in [9.17, 15) is 4.79 Å². The Balaban J connectivity index is 1.51. The third-order valence-corrected chi connectivity index (χ3v) is 7.08. The van der Waals surface area contributed by atoms with Gasteiger partial charge < -0.3 is 0 Å². The van der Waals surface area contributed by atoms with E-state index in [0.717, 1.165) is 42.1 Å². The first-order chi connectivity index (χ1) is 9.29. The molecule has 1 aliphatic heterocycles. The van der Waals surface area contributed by atoms with Crippen molar-refractivity contribution in [3.05, 3.63) is 12.7 Å². The van der Waals surface area contributed by atoms with Crippen molar-refractivity contribution in [1.29, 1.82) is 0 Å². The molecule has 1 heterocycles. The van der Waals surface area contributed by atoms with Crippen LogP contribution in [-0.4, -0.2) is 23.6 Å². The number of hydroxylamine groups is 2. The summed E-state index contributed by atoms with van der Waals surface area (Å²) in [4.78, 5) is 17.7. The Morgan fingerprint density at radius 3 is 2.58 bits per heavy atom. The summed E-state index contributed by atoms with van der Waals surface area (Å²) >= 11 is 0. The maximum Gasteiger partial charge on any atom is 0.269 e. The van der Waals surface area contributed by atoms with Gasteiger partial charge in [-0.25, -0.2) is 5.06 Å². The lowest BCUT2D eigenvalue weighted by atomic mass is 9.66. The highest BCUT2D eigenvalue weighted by Crippen LogP contribution is 2.70. The maximum absolute atomic E-state index is 12.0. The van der Waals surface area contributed by atoms with E-state index in [4.69, 9.17) is 4.84 Å². The highest BCUT2D eigenvalue weighted by atomic mass is 16.7. The van der Waals surface area contributed by atoms with Crippen LogP contribution in [0.2, 0.25) is 0 Å². The average molecular weight is 259 g/mol. The van der Waals surface area contributed by atoms with Gasteiger partial charge in [-0.15, -0.1) is 0 Å². The van der Waals surface area contributed by atoms with Gasteiger partial charge in [0, 0.05) is 5.92 Å².